The highest BCUT2D eigenvalue weighted by Crippen LogP contribution is 2.26. The lowest BCUT2D eigenvalue weighted by Crippen LogP contribution is -1.96. The van der Waals surface area contributed by atoms with Crippen molar-refractivity contribution in [3.05, 3.63) is 53.6 Å². The SMILES string of the molecule is COc1ccc(C#N)c(Nc2cc(F)cc(F)c2)c1. The summed E-state index contributed by atoms with van der Waals surface area (Å²) in [5.74, 6) is -0.841. The number of anilines is 2. The van der Waals surface area contributed by atoms with E-state index in [0.29, 0.717) is 17.0 Å². The molecule has 2 aromatic rings. The van der Waals surface area contributed by atoms with Crippen LogP contribution >= 0.6 is 0 Å². The van der Waals surface area contributed by atoms with Gasteiger partial charge >= 0.3 is 0 Å². The van der Waals surface area contributed by atoms with E-state index in [1.54, 1.807) is 18.2 Å². The minimum absolute atomic E-state index is 0.224. The molecule has 0 aliphatic heterocycles. The Kier molecular flexibility index (Phi) is 3.62. The van der Waals surface area contributed by atoms with E-state index in [9.17, 15) is 8.78 Å². The van der Waals surface area contributed by atoms with Gasteiger partial charge in [-0.05, 0) is 24.3 Å². The minimum Gasteiger partial charge on any atom is -0.497 e. The van der Waals surface area contributed by atoms with Crippen LogP contribution in [0, 0.1) is 23.0 Å². The van der Waals surface area contributed by atoms with Crippen LogP contribution in [0.4, 0.5) is 20.2 Å². The molecule has 5 heteroatoms. The number of hydrogen-bond acceptors (Lipinski definition) is 3. The number of hydrogen-bond donors (Lipinski definition) is 1. The van der Waals surface area contributed by atoms with Gasteiger partial charge in [0.25, 0.3) is 0 Å². The summed E-state index contributed by atoms with van der Waals surface area (Å²) in [7, 11) is 1.49. The Morgan fingerprint density at radius 1 is 1.11 bits per heavy atom. The molecular weight excluding hydrogens is 250 g/mol. The predicted molar refractivity (Wildman–Crippen MR) is 67.3 cm³/mol. The topological polar surface area (TPSA) is 45.0 Å². The molecule has 2 aromatic carbocycles. The van der Waals surface area contributed by atoms with Crippen LogP contribution in [0.1, 0.15) is 5.56 Å². The van der Waals surface area contributed by atoms with Gasteiger partial charge in [0.15, 0.2) is 0 Å². The van der Waals surface area contributed by atoms with Crippen LogP contribution in [-0.2, 0) is 0 Å². The molecule has 0 unspecified atom stereocenters. The largest absolute Gasteiger partial charge is 0.497 e. The molecule has 0 aliphatic carbocycles. The maximum atomic E-state index is 13.1. The minimum atomic E-state index is -0.691. The molecule has 1 N–H and O–H groups in total. The van der Waals surface area contributed by atoms with Crippen LogP contribution in [0.5, 0.6) is 5.75 Å². The third-order valence-corrected chi connectivity index (χ3v) is 2.49. The van der Waals surface area contributed by atoms with Crippen molar-refractivity contribution in [1.29, 1.82) is 5.26 Å². The number of nitrogens with one attached hydrogen (secondary N) is 1. The molecular formula is C14H10F2N2O. The molecule has 96 valence electrons. The van der Waals surface area contributed by atoms with Gasteiger partial charge in [0.1, 0.15) is 23.5 Å². The van der Waals surface area contributed by atoms with Crippen LogP contribution in [0.3, 0.4) is 0 Å². The zero-order valence-electron chi connectivity index (χ0n) is 10.1. The molecule has 2 rings (SSSR count). The Morgan fingerprint density at radius 3 is 2.37 bits per heavy atom. The zero-order chi connectivity index (χ0) is 13.8. The van der Waals surface area contributed by atoms with Crippen molar-refractivity contribution in [3.8, 4) is 11.8 Å². The molecule has 0 saturated carbocycles. The summed E-state index contributed by atoms with van der Waals surface area (Å²) < 4.78 is 31.2. The van der Waals surface area contributed by atoms with Gasteiger partial charge in [-0.1, -0.05) is 0 Å². The van der Waals surface area contributed by atoms with Crippen molar-refractivity contribution in [2.24, 2.45) is 0 Å². The predicted octanol–water partition coefficient (Wildman–Crippen LogP) is 3.59. The van der Waals surface area contributed by atoms with Crippen LogP contribution in [0.15, 0.2) is 36.4 Å². The normalized spacial score (nSPS) is 9.79. The number of methoxy groups -OCH3 is 1. The van der Waals surface area contributed by atoms with Gasteiger partial charge in [-0.25, -0.2) is 8.78 Å². The summed E-state index contributed by atoms with van der Waals surface area (Å²) in [4.78, 5) is 0. The Morgan fingerprint density at radius 2 is 1.79 bits per heavy atom. The summed E-state index contributed by atoms with van der Waals surface area (Å²) >= 11 is 0. The lowest BCUT2D eigenvalue weighted by atomic mass is 10.1. The Bertz CT molecular complexity index is 630. The van der Waals surface area contributed by atoms with Crippen LogP contribution in [-0.4, -0.2) is 7.11 Å². The molecule has 0 spiro atoms. The third-order valence-electron chi connectivity index (χ3n) is 2.49. The van der Waals surface area contributed by atoms with Crippen molar-refractivity contribution in [2.45, 2.75) is 0 Å². The van der Waals surface area contributed by atoms with Crippen LogP contribution in [0.25, 0.3) is 0 Å². The van der Waals surface area contributed by atoms with Gasteiger partial charge < -0.3 is 10.1 Å². The lowest BCUT2D eigenvalue weighted by molar-refractivity contribution is 0.415. The number of ether oxygens (including phenoxy) is 1. The second-order valence-corrected chi connectivity index (χ2v) is 3.81. The van der Waals surface area contributed by atoms with E-state index in [1.807, 2.05) is 6.07 Å². The molecule has 0 saturated heterocycles. The molecule has 0 atom stereocenters. The summed E-state index contributed by atoms with van der Waals surface area (Å²) in [6, 6.07) is 9.84. The molecule has 0 amide bonds. The Hall–Kier alpha value is -2.61. The van der Waals surface area contributed by atoms with Crippen molar-refractivity contribution in [2.75, 3.05) is 12.4 Å². The fraction of sp³-hybridized carbons (Fsp3) is 0.0714. The van der Waals surface area contributed by atoms with Crippen LogP contribution < -0.4 is 10.1 Å². The smallest absolute Gasteiger partial charge is 0.128 e. The summed E-state index contributed by atoms with van der Waals surface area (Å²) in [6.45, 7) is 0. The molecule has 0 aliphatic rings. The molecule has 0 bridgehead atoms. The highest BCUT2D eigenvalue weighted by Gasteiger charge is 2.06. The van der Waals surface area contributed by atoms with Gasteiger partial charge in [0, 0.05) is 17.8 Å². The fourth-order valence-electron chi connectivity index (χ4n) is 1.63. The fourth-order valence-corrected chi connectivity index (χ4v) is 1.63. The third kappa shape index (κ3) is 2.99. The van der Waals surface area contributed by atoms with Gasteiger partial charge in [0.2, 0.25) is 0 Å². The maximum absolute atomic E-state index is 13.1. The summed E-state index contributed by atoms with van der Waals surface area (Å²) in [6.07, 6.45) is 0. The number of nitrogens with zero attached hydrogens (tertiary/aromatic N) is 1. The van der Waals surface area contributed by atoms with E-state index in [4.69, 9.17) is 10.00 Å². The number of nitriles is 1. The van der Waals surface area contributed by atoms with Gasteiger partial charge in [0.05, 0.1) is 18.4 Å². The number of rotatable bonds is 3. The first kappa shape index (κ1) is 12.8. The van der Waals surface area contributed by atoms with Gasteiger partial charge in [-0.3, -0.25) is 0 Å². The first-order valence-corrected chi connectivity index (χ1v) is 5.43. The highest BCUT2D eigenvalue weighted by atomic mass is 19.1. The van der Waals surface area contributed by atoms with Crippen molar-refractivity contribution in [3.63, 3.8) is 0 Å². The maximum Gasteiger partial charge on any atom is 0.128 e. The Labute approximate surface area is 109 Å². The second-order valence-electron chi connectivity index (χ2n) is 3.81. The summed E-state index contributed by atoms with van der Waals surface area (Å²) in [5, 5.41) is 11.8. The summed E-state index contributed by atoms with van der Waals surface area (Å²) in [5.41, 5.74) is 1.000. The molecule has 19 heavy (non-hydrogen) atoms. The standard InChI is InChI=1S/C14H10F2N2O/c1-19-13-3-2-9(8-17)14(7-13)18-12-5-10(15)4-11(16)6-12/h2-7,18H,1H3. The first-order chi connectivity index (χ1) is 9.12. The Balaban J connectivity index is 2.39. The zero-order valence-corrected chi connectivity index (χ0v) is 10.1. The molecule has 3 nitrogen and oxygen atoms in total. The van der Waals surface area contributed by atoms with Crippen molar-refractivity contribution < 1.29 is 13.5 Å². The molecule has 0 fully saturated rings. The van der Waals surface area contributed by atoms with E-state index in [-0.39, 0.29) is 5.69 Å². The van der Waals surface area contributed by atoms with E-state index < -0.39 is 11.6 Å². The van der Waals surface area contributed by atoms with Crippen molar-refractivity contribution >= 4 is 11.4 Å². The average Bonchev–Trinajstić information content (AvgIpc) is 2.37. The average molecular weight is 260 g/mol. The second kappa shape index (κ2) is 5.36. The number of benzene rings is 2. The van der Waals surface area contributed by atoms with Gasteiger partial charge in [-0.2, -0.15) is 5.26 Å². The molecule has 0 radical (unpaired) electrons. The van der Waals surface area contributed by atoms with Crippen LogP contribution in [0.2, 0.25) is 0 Å². The monoisotopic (exact) mass is 260 g/mol. The van der Waals surface area contributed by atoms with E-state index >= 15 is 0 Å². The lowest BCUT2D eigenvalue weighted by Gasteiger charge is -2.10. The van der Waals surface area contributed by atoms with E-state index in [2.05, 4.69) is 5.32 Å². The van der Waals surface area contributed by atoms with E-state index in [1.165, 1.54) is 7.11 Å². The quantitative estimate of drug-likeness (QED) is 0.917. The van der Waals surface area contributed by atoms with Gasteiger partial charge in [-0.15, -0.1) is 0 Å². The van der Waals surface area contributed by atoms with Crippen molar-refractivity contribution in [1.82, 2.24) is 0 Å². The molecule has 0 heterocycles. The molecule has 0 aromatic heterocycles. The number of halogens is 2. The first-order valence-electron chi connectivity index (χ1n) is 5.43. The van der Waals surface area contributed by atoms with E-state index in [0.717, 1.165) is 18.2 Å². The highest BCUT2D eigenvalue weighted by molar-refractivity contribution is 5.68.